The summed E-state index contributed by atoms with van der Waals surface area (Å²) in [6.45, 7) is 0. The molecule has 1 aromatic carbocycles. The lowest BCUT2D eigenvalue weighted by atomic mass is 10.2. The van der Waals surface area contributed by atoms with Crippen molar-refractivity contribution < 1.29 is 28.0 Å². The number of carboxylic acid groups (broad SMARTS) is 1. The lowest BCUT2D eigenvalue weighted by Crippen LogP contribution is -3.00. The first-order chi connectivity index (χ1) is 5.11. The maximum Gasteiger partial charge on any atom is 0.335 e. The summed E-state index contributed by atoms with van der Waals surface area (Å²) < 4.78 is 0. The van der Waals surface area contributed by atoms with E-state index in [-0.39, 0.29) is 18.0 Å². The van der Waals surface area contributed by atoms with Crippen molar-refractivity contribution in [1.29, 1.82) is 0 Å². The van der Waals surface area contributed by atoms with Gasteiger partial charge in [0.1, 0.15) is 5.69 Å². The van der Waals surface area contributed by atoms with Crippen LogP contribution in [0.5, 0.6) is 0 Å². The lowest BCUT2D eigenvalue weighted by molar-refractivity contribution is -0.258. The minimum atomic E-state index is -0.944. The van der Waals surface area contributed by atoms with Crippen molar-refractivity contribution in [3.63, 3.8) is 0 Å². The summed E-state index contributed by atoms with van der Waals surface area (Å²) >= 11 is 4.04. The van der Waals surface area contributed by atoms with E-state index in [1.165, 1.54) is 12.1 Å². The zero-order valence-electron chi connectivity index (χ0n) is 6.12. The summed E-state index contributed by atoms with van der Waals surface area (Å²) in [6.07, 6.45) is 0. The van der Waals surface area contributed by atoms with Crippen molar-refractivity contribution >= 4 is 24.3 Å². The minimum absolute atomic E-state index is 0. The fourth-order valence-corrected chi connectivity index (χ4v) is 0.911. The number of benzene rings is 1. The Morgan fingerprint density at radius 2 is 2.08 bits per heavy atom. The van der Waals surface area contributed by atoms with Crippen molar-refractivity contribution in [2.24, 2.45) is 0 Å². The molecule has 0 saturated carbocycles. The summed E-state index contributed by atoms with van der Waals surface area (Å²) in [5.41, 5.74) is 4.62. The summed E-state index contributed by atoms with van der Waals surface area (Å²) in [5.74, 6) is -0.944. The largest absolute Gasteiger partial charge is 1.00 e. The Morgan fingerprint density at radius 3 is 2.50 bits per heavy atom. The maximum absolute atomic E-state index is 10.4. The summed E-state index contributed by atoms with van der Waals surface area (Å²) in [7, 11) is 0. The number of carbonyl (C=O) groups is 1. The predicted molar refractivity (Wildman–Crippen MR) is 43.2 cm³/mol. The Labute approximate surface area is 81.4 Å². The van der Waals surface area contributed by atoms with E-state index in [0.29, 0.717) is 4.90 Å². The highest BCUT2D eigenvalue weighted by Gasteiger charge is 2.04. The predicted octanol–water partition coefficient (Wildman–Crippen LogP) is -2.45. The van der Waals surface area contributed by atoms with Gasteiger partial charge in [0.2, 0.25) is 0 Å². The van der Waals surface area contributed by atoms with Crippen LogP contribution < -0.4 is 18.1 Å². The molecule has 1 rings (SSSR count). The van der Waals surface area contributed by atoms with E-state index in [9.17, 15) is 4.79 Å². The minimum Gasteiger partial charge on any atom is -1.00 e. The van der Waals surface area contributed by atoms with Crippen LogP contribution in [0.4, 0.5) is 5.69 Å². The van der Waals surface area contributed by atoms with Crippen molar-refractivity contribution in [3.05, 3.63) is 23.8 Å². The van der Waals surface area contributed by atoms with Gasteiger partial charge < -0.3 is 23.2 Å². The van der Waals surface area contributed by atoms with E-state index < -0.39 is 5.97 Å². The van der Waals surface area contributed by atoms with Gasteiger partial charge in [-0.05, 0) is 12.1 Å². The number of thiol groups is 1. The quantitative estimate of drug-likeness (QED) is 0.446. The monoisotopic (exact) mass is 205 g/mol. The summed E-state index contributed by atoms with van der Waals surface area (Å²) in [5, 5.41) is 8.55. The van der Waals surface area contributed by atoms with Gasteiger partial charge in [0.15, 0.2) is 0 Å². The first-order valence-electron chi connectivity index (χ1n) is 2.99. The lowest BCUT2D eigenvalue weighted by Gasteiger charge is -1.95. The Balaban J connectivity index is 0.00000121. The second kappa shape index (κ2) is 4.35. The molecule has 0 saturated heterocycles. The molecule has 1 aromatic rings. The SMILES string of the molecule is [Cl-].[NH3+]c1ccc(C(=O)O)cc1S. The Kier molecular flexibility index (Phi) is 4.09. The van der Waals surface area contributed by atoms with E-state index >= 15 is 0 Å². The number of carboxylic acids is 1. The van der Waals surface area contributed by atoms with Crippen LogP contribution in [0.25, 0.3) is 0 Å². The zero-order chi connectivity index (χ0) is 8.43. The van der Waals surface area contributed by atoms with Gasteiger partial charge in [-0.1, -0.05) is 0 Å². The van der Waals surface area contributed by atoms with Crippen molar-refractivity contribution in [3.8, 4) is 0 Å². The van der Waals surface area contributed by atoms with Gasteiger partial charge in [0, 0.05) is 6.07 Å². The maximum atomic E-state index is 10.4. The second-order valence-electron chi connectivity index (χ2n) is 2.15. The molecule has 5 heteroatoms. The zero-order valence-corrected chi connectivity index (χ0v) is 7.77. The average Bonchev–Trinajstić information content (AvgIpc) is 1.94. The number of hydrogen-bond donors (Lipinski definition) is 3. The first-order valence-corrected chi connectivity index (χ1v) is 3.44. The molecular formula is C7H8ClNO2S. The number of quaternary nitrogens is 1. The Hall–Kier alpha value is -0.710. The number of aromatic carboxylic acids is 1. The molecule has 0 bridgehead atoms. The van der Waals surface area contributed by atoms with Crippen LogP contribution in [-0.4, -0.2) is 11.1 Å². The first kappa shape index (κ1) is 11.3. The van der Waals surface area contributed by atoms with Gasteiger partial charge in [-0.15, -0.1) is 12.6 Å². The molecule has 66 valence electrons. The van der Waals surface area contributed by atoms with Crippen LogP contribution in [0.15, 0.2) is 23.1 Å². The topological polar surface area (TPSA) is 64.9 Å². The van der Waals surface area contributed by atoms with Gasteiger partial charge in [-0.2, -0.15) is 0 Å². The van der Waals surface area contributed by atoms with Gasteiger partial charge in [0.05, 0.1) is 10.5 Å². The molecule has 0 unspecified atom stereocenters. The molecule has 0 atom stereocenters. The third-order valence-electron chi connectivity index (χ3n) is 1.33. The second-order valence-corrected chi connectivity index (χ2v) is 2.63. The van der Waals surface area contributed by atoms with E-state index in [0.717, 1.165) is 5.69 Å². The standard InChI is InChI=1S/C7H7NO2S.ClH/c8-5-2-1-4(7(9)10)3-6(5)11;/h1-3,11H,8H2,(H,9,10);1H. The fourth-order valence-electron chi connectivity index (χ4n) is 0.697. The number of halogens is 1. The van der Waals surface area contributed by atoms with Crippen LogP contribution in [0.2, 0.25) is 0 Å². The fraction of sp³-hybridized carbons (Fsp3) is 0. The molecule has 0 aromatic heterocycles. The highest BCUT2D eigenvalue weighted by Crippen LogP contribution is 2.15. The molecule has 4 N–H and O–H groups in total. The van der Waals surface area contributed by atoms with Crippen LogP contribution in [0.3, 0.4) is 0 Å². The Bertz CT molecular complexity index is 303. The average molecular weight is 206 g/mol. The molecule has 12 heavy (non-hydrogen) atoms. The smallest absolute Gasteiger partial charge is 0.335 e. The number of hydrogen-bond acceptors (Lipinski definition) is 2. The molecule has 0 spiro atoms. The van der Waals surface area contributed by atoms with Crippen LogP contribution >= 0.6 is 12.6 Å². The van der Waals surface area contributed by atoms with Crippen molar-refractivity contribution in [2.45, 2.75) is 4.90 Å². The Morgan fingerprint density at radius 1 is 1.50 bits per heavy atom. The van der Waals surface area contributed by atoms with E-state index in [2.05, 4.69) is 18.4 Å². The van der Waals surface area contributed by atoms with Crippen molar-refractivity contribution in [2.75, 3.05) is 0 Å². The molecule has 0 aliphatic carbocycles. The van der Waals surface area contributed by atoms with E-state index in [1.54, 1.807) is 6.07 Å². The normalized spacial score (nSPS) is 8.83. The molecule has 0 fully saturated rings. The third-order valence-corrected chi connectivity index (χ3v) is 1.75. The third kappa shape index (κ3) is 2.41. The molecule has 0 aliphatic rings. The van der Waals surface area contributed by atoms with Gasteiger partial charge >= 0.3 is 5.97 Å². The molecule has 0 aliphatic heterocycles. The molecule has 3 nitrogen and oxygen atoms in total. The molecule has 0 amide bonds. The molecular weight excluding hydrogens is 198 g/mol. The van der Waals surface area contributed by atoms with E-state index in [4.69, 9.17) is 5.11 Å². The highest BCUT2D eigenvalue weighted by atomic mass is 35.5. The van der Waals surface area contributed by atoms with Crippen molar-refractivity contribution in [1.82, 2.24) is 0 Å². The van der Waals surface area contributed by atoms with Gasteiger partial charge in [-0.25, -0.2) is 4.79 Å². The van der Waals surface area contributed by atoms with Gasteiger partial charge in [-0.3, -0.25) is 0 Å². The summed E-state index contributed by atoms with van der Waals surface area (Å²) in [4.78, 5) is 11.0. The molecule has 0 heterocycles. The van der Waals surface area contributed by atoms with Crippen LogP contribution in [0, 0.1) is 0 Å². The number of rotatable bonds is 1. The van der Waals surface area contributed by atoms with Crippen LogP contribution in [0.1, 0.15) is 10.4 Å². The molecule has 0 radical (unpaired) electrons. The van der Waals surface area contributed by atoms with Gasteiger partial charge in [0.25, 0.3) is 0 Å². The highest BCUT2D eigenvalue weighted by molar-refractivity contribution is 7.80. The van der Waals surface area contributed by atoms with E-state index in [1.807, 2.05) is 0 Å². The van der Waals surface area contributed by atoms with Crippen LogP contribution in [-0.2, 0) is 0 Å². The summed E-state index contributed by atoms with van der Waals surface area (Å²) in [6, 6.07) is 4.62.